The van der Waals surface area contributed by atoms with E-state index in [1.54, 1.807) is 0 Å². The van der Waals surface area contributed by atoms with Gasteiger partial charge in [0.15, 0.2) is 11.6 Å². The molecule has 124 valence electrons. The molecule has 0 N–H and O–H groups in total. The van der Waals surface area contributed by atoms with Gasteiger partial charge in [-0.25, -0.2) is 14.0 Å². The molecule has 2 rings (SSSR count). The Morgan fingerprint density at radius 2 is 1.58 bits per heavy atom. The summed E-state index contributed by atoms with van der Waals surface area (Å²) in [6, 6.07) is 8.06. The highest BCUT2D eigenvalue weighted by molar-refractivity contribution is 6.35. The van der Waals surface area contributed by atoms with E-state index in [-0.39, 0.29) is 15.8 Å². The van der Waals surface area contributed by atoms with Gasteiger partial charge in [0.1, 0.15) is 5.75 Å². The molecule has 0 saturated heterocycles. The molecule has 0 spiro atoms. The van der Waals surface area contributed by atoms with Crippen LogP contribution in [0.1, 0.15) is 0 Å². The molecule has 0 unspecified atom stereocenters. The van der Waals surface area contributed by atoms with Crippen LogP contribution in [-0.2, 0) is 9.59 Å². The highest BCUT2D eigenvalue weighted by atomic mass is 35.5. The number of ether oxygens (including phenoxy) is 2. The van der Waals surface area contributed by atoms with Gasteiger partial charge in [0, 0.05) is 17.2 Å². The lowest BCUT2D eigenvalue weighted by Crippen LogP contribution is -2.09. The third-order valence-electron chi connectivity index (χ3n) is 2.58. The normalized spacial score (nSPS) is 10.7. The van der Waals surface area contributed by atoms with E-state index < -0.39 is 23.5 Å². The summed E-state index contributed by atoms with van der Waals surface area (Å²) in [7, 11) is 0. The van der Waals surface area contributed by atoms with Crippen molar-refractivity contribution in [2.45, 2.75) is 0 Å². The summed E-state index contributed by atoms with van der Waals surface area (Å²) >= 11 is 17.3. The Labute approximate surface area is 151 Å². The molecule has 8 heteroatoms. The molecule has 0 aliphatic carbocycles. The summed E-state index contributed by atoms with van der Waals surface area (Å²) in [5.41, 5.74) is 0. The predicted octanol–water partition coefficient (Wildman–Crippen LogP) is 4.85. The van der Waals surface area contributed by atoms with Gasteiger partial charge in [-0.15, -0.1) is 0 Å². The Kier molecular flexibility index (Phi) is 6.20. The van der Waals surface area contributed by atoms with Gasteiger partial charge in [-0.05, 0) is 30.3 Å². The Morgan fingerprint density at radius 3 is 2.21 bits per heavy atom. The first kappa shape index (κ1) is 18.3. The lowest BCUT2D eigenvalue weighted by atomic mass is 10.3. The molecule has 2 aromatic rings. The van der Waals surface area contributed by atoms with Gasteiger partial charge in [-0.1, -0.05) is 40.9 Å². The van der Waals surface area contributed by atoms with Crippen LogP contribution in [0.4, 0.5) is 4.39 Å². The number of carbonyl (C=O) groups excluding carboxylic acids is 2. The number of benzene rings is 2. The topological polar surface area (TPSA) is 52.6 Å². The van der Waals surface area contributed by atoms with Crippen LogP contribution < -0.4 is 9.47 Å². The van der Waals surface area contributed by atoms with E-state index in [1.807, 2.05) is 0 Å². The van der Waals surface area contributed by atoms with Gasteiger partial charge in [0.2, 0.25) is 0 Å². The Bertz CT molecular complexity index is 801. The van der Waals surface area contributed by atoms with Gasteiger partial charge in [-0.3, -0.25) is 0 Å². The van der Waals surface area contributed by atoms with E-state index in [2.05, 4.69) is 0 Å². The molecule has 0 atom stereocenters. The Hall–Kier alpha value is -2.08. The zero-order chi connectivity index (χ0) is 17.7. The highest BCUT2D eigenvalue weighted by Crippen LogP contribution is 2.28. The first-order valence-electron chi connectivity index (χ1n) is 6.37. The fourth-order valence-electron chi connectivity index (χ4n) is 1.55. The monoisotopic (exact) mass is 388 g/mol. The number of para-hydroxylation sites is 1. The molecule has 0 bridgehead atoms. The van der Waals surface area contributed by atoms with Crippen molar-refractivity contribution in [3.63, 3.8) is 0 Å². The number of halogens is 4. The molecule has 24 heavy (non-hydrogen) atoms. The quantitative estimate of drug-likeness (QED) is 0.426. The number of carbonyl (C=O) groups is 2. The minimum atomic E-state index is -0.999. The minimum Gasteiger partial charge on any atom is -0.422 e. The smallest absolute Gasteiger partial charge is 0.336 e. The lowest BCUT2D eigenvalue weighted by molar-refractivity contribution is -0.131. The zero-order valence-electron chi connectivity index (χ0n) is 11.8. The van der Waals surface area contributed by atoms with Gasteiger partial charge < -0.3 is 9.47 Å². The van der Waals surface area contributed by atoms with E-state index >= 15 is 0 Å². The fraction of sp³-hybridized carbons (Fsp3) is 0. The summed E-state index contributed by atoms with van der Waals surface area (Å²) < 4.78 is 23.1. The van der Waals surface area contributed by atoms with Crippen molar-refractivity contribution in [1.29, 1.82) is 0 Å². The zero-order valence-corrected chi connectivity index (χ0v) is 14.0. The highest BCUT2D eigenvalue weighted by Gasteiger charge is 2.12. The van der Waals surface area contributed by atoms with Crippen molar-refractivity contribution in [2.24, 2.45) is 0 Å². The second-order valence-electron chi connectivity index (χ2n) is 4.30. The molecule has 4 nitrogen and oxygen atoms in total. The molecule has 0 amide bonds. The van der Waals surface area contributed by atoms with Crippen molar-refractivity contribution >= 4 is 46.7 Å². The largest absolute Gasteiger partial charge is 0.422 e. The number of rotatable bonds is 4. The fourth-order valence-corrected chi connectivity index (χ4v) is 2.20. The molecule has 0 heterocycles. The van der Waals surface area contributed by atoms with Crippen LogP contribution in [0.25, 0.3) is 0 Å². The minimum absolute atomic E-state index is 0.0706. The summed E-state index contributed by atoms with van der Waals surface area (Å²) in [6.07, 6.45) is 1.58. The molecule has 0 radical (unpaired) electrons. The van der Waals surface area contributed by atoms with E-state index in [1.165, 1.54) is 30.3 Å². The molecule has 0 aromatic heterocycles. The number of esters is 2. The molecule has 0 aliphatic rings. The van der Waals surface area contributed by atoms with Gasteiger partial charge in [0.25, 0.3) is 0 Å². The van der Waals surface area contributed by atoms with Crippen LogP contribution in [-0.4, -0.2) is 11.9 Å². The maximum Gasteiger partial charge on any atom is 0.336 e. The van der Waals surface area contributed by atoms with Crippen LogP contribution in [0.2, 0.25) is 15.1 Å². The van der Waals surface area contributed by atoms with E-state index in [4.69, 9.17) is 44.3 Å². The van der Waals surface area contributed by atoms with Gasteiger partial charge in [-0.2, -0.15) is 0 Å². The first-order chi connectivity index (χ1) is 11.4. The third-order valence-corrected chi connectivity index (χ3v) is 3.41. The summed E-state index contributed by atoms with van der Waals surface area (Å²) in [4.78, 5) is 23.2. The van der Waals surface area contributed by atoms with E-state index in [0.29, 0.717) is 5.02 Å². The molecule has 0 saturated carbocycles. The van der Waals surface area contributed by atoms with Crippen molar-refractivity contribution in [3.8, 4) is 11.5 Å². The van der Waals surface area contributed by atoms with Crippen molar-refractivity contribution in [3.05, 3.63) is 69.4 Å². The Balaban J connectivity index is 1.99. The van der Waals surface area contributed by atoms with Crippen LogP contribution in [0.5, 0.6) is 11.5 Å². The molecular weight excluding hydrogens is 382 g/mol. The second kappa shape index (κ2) is 8.15. The van der Waals surface area contributed by atoms with E-state index in [0.717, 1.165) is 18.2 Å². The Morgan fingerprint density at radius 1 is 0.917 bits per heavy atom. The predicted molar refractivity (Wildman–Crippen MR) is 88.3 cm³/mol. The first-order valence-corrected chi connectivity index (χ1v) is 7.51. The maximum atomic E-state index is 13.5. The average Bonchev–Trinajstić information content (AvgIpc) is 2.52. The van der Waals surface area contributed by atoms with Crippen molar-refractivity contribution in [2.75, 3.05) is 0 Å². The average molecular weight is 390 g/mol. The SMILES string of the molecule is O=C(/C=C/C(=O)Oc1c(F)cccc1Cl)Oc1ccc(Cl)cc1Cl. The van der Waals surface area contributed by atoms with Crippen LogP contribution in [0.3, 0.4) is 0 Å². The number of hydrogen-bond donors (Lipinski definition) is 0. The molecular formula is C16H8Cl3FO4. The van der Waals surface area contributed by atoms with E-state index in [9.17, 15) is 14.0 Å². The van der Waals surface area contributed by atoms with Crippen molar-refractivity contribution < 1.29 is 23.5 Å². The standard InChI is InChI=1S/C16H8Cl3FO4/c17-9-4-5-13(11(19)8-9)23-14(21)6-7-15(22)24-16-10(18)2-1-3-12(16)20/h1-8H/b7-6+. The molecule has 0 fully saturated rings. The lowest BCUT2D eigenvalue weighted by Gasteiger charge is -2.05. The summed E-state index contributed by atoms with van der Waals surface area (Å²) in [6.45, 7) is 0. The summed E-state index contributed by atoms with van der Waals surface area (Å²) in [5, 5.41) is 0.429. The van der Waals surface area contributed by atoms with Gasteiger partial charge in [0.05, 0.1) is 10.0 Å². The van der Waals surface area contributed by atoms with Crippen LogP contribution in [0.15, 0.2) is 48.6 Å². The van der Waals surface area contributed by atoms with Crippen LogP contribution in [0, 0.1) is 5.82 Å². The van der Waals surface area contributed by atoms with Gasteiger partial charge >= 0.3 is 11.9 Å². The number of hydrogen-bond acceptors (Lipinski definition) is 4. The molecule has 2 aromatic carbocycles. The maximum absolute atomic E-state index is 13.5. The van der Waals surface area contributed by atoms with Crippen LogP contribution >= 0.6 is 34.8 Å². The van der Waals surface area contributed by atoms with Crippen molar-refractivity contribution in [1.82, 2.24) is 0 Å². The third kappa shape index (κ3) is 4.96. The second-order valence-corrected chi connectivity index (χ2v) is 5.55. The summed E-state index contributed by atoms with van der Waals surface area (Å²) in [5.74, 6) is -3.04. The molecule has 0 aliphatic heterocycles.